The molecule has 0 radical (unpaired) electrons. The number of nitrogens with two attached hydrogens (primary N) is 1. The van der Waals surface area contributed by atoms with Gasteiger partial charge in [-0.15, -0.1) is 0 Å². The molecule has 2 rings (SSSR count). The van der Waals surface area contributed by atoms with E-state index in [1.165, 1.54) is 13.2 Å². The minimum absolute atomic E-state index is 0.217. The van der Waals surface area contributed by atoms with Crippen LogP contribution in [-0.4, -0.2) is 7.11 Å². The molecule has 0 saturated heterocycles. The average molecular weight is 231 g/mol. The molecule has 1 aromatic carbocycles. The molecule has 2 N–H and O–H groups in total. The summed E-state index contributed by atoms with van der Waals surface area (Å²) in [5.74, 6) is 0.217. The first-order chi connectivity index (χ1) is 7.37. The van der Waals surface area contributed by atoms with E-state index in [1.54, 1.807) is 0 Å². The van der Waals surface area contributed by atoms with Gasteiger partial charge in [-0.05, 0) is 25.0 Å². The number of benzene rings is 1. The molecule has 0 atom stereocenters. The molecule has 0 unspecified atom stereocenters. The van der Waals surface area contributed by atoms with E-state index in [4.69, 9.17) is 10.5 Å². The van der Waals surface area contributed by atoms with Crippen LogP contribution < -0.4 is 10.5 Å². The second-order valence-corrected chi connectivity index (χ2v) is 4.07. The number of hydrogen-bond acceptors (Lipinski definition) is 2. The SMILES string of the molecule is COc1cc(C(F)(F)F)ccc1C1(N)CC1. The van der Waals surface area contributed by atoms with Gasteiger partial charge in [0.2, 0.25) is 0 Å². The van der Waals surface area contributed by atoms with E-state index in [2.05, 4.69) is 0 Å². The highest BCUT2D eigenvalue weighted by Gasteiger charge is 2.43. The number of methoxy groups -OCH3 is 1. The minimum atomic E-state index is -4.35. The Kier molecular flexibility index (Phi) is 2.38. The summed E-state index contributed by atoms with van der Waals surface area (Å²) in [6.07, 6.45) is -2.78. The average Bonchev–Trinajstić information content (AvgIpc) is 2.95. The van der Waals surface area contributed by atoms with Crippen molar-refractivity contribution in [3.8, 4) is 5.75 Å². The topological polar surface area (TPSA) is 35.2 Å². The predicted molar refractivity (Wildman–Crippen MR) is 53.1 cm³/mol. The van der Waals surface area contributed by atoms with Gasteiger partial charge in [-0.25, -0.2) is 0 Å². The predicted octanol–water partition coefficient (Wildman–Crippen LogP) is 2.66. The Morgan fingerprint density at radius 1 is 1.31 bits per heavy atom. The maximum atomic E-state index is 12.5. The highest BCUT2D eigenvalue weighted by Crippen LogP contribution is 2.47. The summed E-state index contributed by atoms with van der Waals surface area (Å²) >= 11 is 0. The van der Waals surface area contributed by atoms with E-state index in [9.17, 15) is 13.2 Å². The number of alkyl halides is 3. The number of ether oxygens (including phenoxy) is 1. The fourth-order valence-corrected chi connectivity index (χ4v) is 1.68. The maximum absolute atomic E-state index is 12.5. The first-order valence-corrected chi connectivity index (χ1v) is 4.91. The molecule has 0 aliphatic heterocycles. The summed E-state index contributed by atoms with van der Waals surface area (Å²) in [5, 5.41) is 0. The standard InChI is InChI=1S/C11H12F3NO/c1-16-9-6-7(11(12,13)14)2-3-8(9)10(15)4-5-10/h2-3,6H,4-5,15H2,1H3. The van der Waals surface area contributed by atoms with E-state index < -0.39 is 17.3 Å². The Hall–Kier alpha value is -1.23. The molecule has 0 spiro atoms. The van der Waals surface area contributed by atoms with Crippen molar-refractivity contribution in [1.29, 1.82) is 0 Å². The van der Waals surface area contributed by atoms with Crippen LogP contribution in [0.1, 0.15) is 24.0 Å². The number of rotatable bonds is 2. The molecular formula is C11H12F3NO. The van der Waals surface area contributed by atoms with E-state index in [1.807, 2.05) is 0 Å². The Morgan fingerprint density at radius 2 is 1.94 bits per heavy atom. The second kappa shape index (κ2) is 3.38. The minimum Gasteiger partial charge on any atom is -0.496 e. The zero-order valence-electron chi connectivity index (χ0n) is 8.77. The van der Waals surface area contributed by atoms with Crippen LogP contribution in [0.3, 0.4) is 0 Å². The molecule has 0 aromatic heterocycles. The summed E-state index contributed by atoms with van der Waals surface area (Å²) in [4.78, 5) is 0. The molecule has 1 fully saturated rings. The van der Waals surface area contributed by atoms with Crippen LogP contribution in [-0.2, 0) is 11.7 Å². The summed E-state index contributed by atoms with van der Waals surface area (Å²) in [6, 6.07) is 3.46. The smallest absolute Gasteiger partial charge is 0.416 e. The summed E-state index contributed by atoms with van der Waals surface area (Å²) in [6.45, 7) is 0. The molecule has 0 amide bonds. The van der Waals surface area contributed by atoms with Gasteiger partial charge in [-0.2, -0.15) is 13.2 Å². The Morgan fingerprint density at radius 3 is 2.38 bits per heavy atom. The number of halogens is 3. The Balaban J connectivity index is 2.43. The van der Waals surface area contributed by atoms with Crippen molar-refractivity contribution in [2.75, 3.05) is 7.11 Å². The highest BCUT2D eigenvalue weighted by molar-refractivity contribution is 5.45. The maximum Gasteiger partial charge on any atom is 0.416 e. The van der Waals surface area contributed by atoms with E-state index in [0.29, 0.717) is 5.56 Å². The van der Waals surface area contributed by atoms with Crippen LogP contribution in [0.2, 0.25) is 0 Å². The van der Waals surface area contributed by atoms with Crippen molar-refractivity contribution in [2.24, 2.45) is 5.73 Å². The van der Waals surface area contributed by atoms with Gasteiger partial charge in [0.05, 0.1) is 12.7 Å². The molecule has 88 valence electrons. The normalized spacial score (nSPS) is 18.3. The molecular weight excluding hydrogens is 219 g/mol. The summed E-state index contributed by atoms with van der Waals surface area (Å²) in [5.41, 5.74) is 5.40. The molecule has 1 saturated carbocycles. The van der Waals surface area contributed by atoms with Crippen molar-refractivity contribution < 1.29 is 17.9 Å². The third-order valence-corrected chi connectivity index (χ3v) is 2.85. The van der Waals surface area contributed by atoms with Crippen LogP contribution >= 0.6 is 0 Å². The van der Waals surface area contributed by atoms with Crippen molar-refractivity contribution in [3.63, 3.8) is 0 Å². The van der Waals surface area contributed by atoms with Gasteiger partial charge < -0.3 is 10.5 Å². The molecule has 1 aromatic rings. The fraction of sp³-hybridized carbons (Fsp3) is 0.455. The van der Waals surface area contributed by atoms with Crippen LogP contribution in [0.5, 0.6) is 5.75 Å². The molecule has 1 aliphatic carbocycles. The van der Waals surface area contributed by atoms with Gasteiger partial charge >= 0.3 is 6.18 Å². The van der Waals surface area contributed by atoms with Crippen LogP contribution in [0, 0.1) is 0 Å². The van der Waals surface area contributed by atoms with Crippen molar-refractivity contribution in [2.45, 2.75) is 24.6 Å². The fourth-order valence-electron chi connectivity index (χ4n) is 1.68. The van der Waals surface area contributed by atoms with Gasteiger partial charge in [0, 0.05) is 11.1 Å². The first kappa shape index (κ1) is 11.3. The third-order valence-electron chi connectivity index (χ3n) is 2.85. The lowest BCUT2D eigenvalue weighted by atomic mass is 10.0. The quantitative estimate of drug-likeness (QED) is 0.849. The molecule has 5 heteroatoms. The van der Waals surface area contributed by atoms with Crippen molar-refractivity contribution in [3.05, 3.63) is 29.3 Å². The van der Waals surface area contributed by atoms with Crippen LogP contribution in [0.15, 0.2) is 18.2 Å². The monoisotopic (exact) mass is 231 g/mol. The molecule has 16 heavy (non-hydrogen) atoms. The summed E-state index contributed by atoms with van der Waals surface area (Å²) < 4.78 is 42.4. The van der Waals surface area contributed by atoms with E-state index in [0.717, 1.165) is 25.0 Å². The van der Waals surface area contributed by atoms with Gasteiger partial charge in [-0.3, -0.25) is 0 Å². The Bertz CT molecular complexity index is 410. The lowest BCUT2D eigenvalue weighted by Crippen LogP contribution is -2.20. The molecule has 0 bridgehead atoms. The lowest BCUT2D eigenvalue weighted by molar-refractivity contribution is -0.137. The zero-order valence-corrected chi connectivity index (χ0v) is 8.77. The van der Waals surface area contributed by atoms with Gasteiger partial charge in [0.15, 0.2) is 0 Å². The van der Waals surface area contributed by atoms with Gasteiger partial charge in [-0.1, -0.05) is 6.07 Å². The second-order valence-electron chi connectivity index (χ2n) is 4.07. The molecule has 1 aliphatic rings. The van der Waals surface area contributed by atoms with Crippen molar-refractivity contribution >= 4 is 0 Å². The first-order valence-electron chi connectivity index (χ1n) is 4.91. The van der Waals surface area contributed by atoms with Crippen molar-refractivity contribution in [1.82, 2.24) is 0 Å². The van der Waals surface area contributed by atoms with E-state index in [-0.39, 0.29) is 5.75 Å². The third kappa shape index (κ3) is 1.87. The molecule has 0 heterocycles. The van der Waals surface area contributed by atoms with Crippen LogP contribution in [0.4, 0.5) is 13.2 Å². The van der Waals surface area contributed by atoms with Gasteiger partial charge in [0.25, 0.3) is 0 Å². The van der Waals surface area contributed by atoms with Crippen LogP contribution in [0.25, 0.3) is 0 Å². The van der Waals surface area contributed by atoms with Gasteiger partial charge in [0.1, 0.15) is 5.75 Å². The summed E-state index contributed by atoms with van der Waals surface area (Å²) in [7, 11) is 1.35. The lowest BCUT2D eigenvalue weighted by Gasteiger charge is -2.16. The highest BCUT2D eigenvalue weighted by atomic mass is 19.4. The number of hydrogen-bond donors (Lipinski definition) is 1. The zero-order chi connectivity index (χ0) is 12.0. The largest absolute Gasteiger partial charge is 0.496 e. The van der Waals surface area contributed by atoms with E-state index >= 15 is 0 Å². The Labute approximate surface area is 91.2 Å². The molecule has 2 nitrogen and oxygen atoms in total.